The van der Waals surface area contributed by atoms with E-state index >= 15 is 0 Å². The Morgan fingerprint density at radius 3 is 2.37 bits per heavy atom. The molecule has 1 saturated heterocycles. The third-order valence-electron chi connectivity index (χ3n) is 5.77. The van der Waals surface area contributed by atoms with Crippen LogP contribution in [0.15, 0.2) is 44.8 Å². The van der Waals surface area contributed by atoms with Crippen molar-refractivity contribution >= 4 is 11.9 Å². The fourth-order valence-corrected chi connectivity index (χ4v) is 3.71. The number of aliphatic hydroxyl groups is 3. The number of carboxylic acids is 1. The molecule has 0 saturated carbocycles. The second-order valence-electron chi connectivity index (χ2n) is 8.11. The van der Waals surface area contributed by atoms with Crippen LogP contribution in [-0.4, -0.2) is 77.2 Å². The van der Waals surface area contributed by atoms with Crippen molar-refractivity contribution in [1.29, 1.82) is 0 Å². The summed E-state index contributed by atoms with van der Waals surface area (Å²) >= 11 is 0. The number of carbonyl (C=O) groups is 2. The number of carboxylic acid groups (broad SMARTS) is 1. The molecule has 15 nitrogen and oxygen atoms in total. The first-order valence-electron chi connectivity index (χ1n) is 10.4. The molecule has 0 spiro atoms. The highest BCUT2D eigenvalue weighted by Gasteiger charge is 2.50. The molecule has 35 heavy (non-hydrogen) atoms. The summed E-state index contributed by atoms with van der Waals surface area (Å²) in [6, 6.07) is 1.61. The van der Waals surface area contributed by atoms with Gasteiger partial charge in [0.1, 0.15) is 18.3 Å². The number of rotatable bonds is 8. The molecule has 3 heterocycles. The van der Waals surface area contributed by atoms with Crippen molar-refractivity contribution in [2.75, 3.05) is 0 Å². The second kappa shape index (κ2) is 10.3. The third-order valence-corrected chi connectivity index (χ3v) is 5.77. The Balaban J connectivity index is 1.77. The Kier molecular flexibility index (Phi) is 7.67. The number of aliphatic hydroxyl groups excluding tert-OH is 3. The molecule has 1 aliphatic heterocycles. The molecule has 9 N–H and O–H groups in total. The fourth-order valence-electron chi connectivity index (χ4n) is 3.71. The molecular weight excluding hydrogens is 470 g/mol. The topological polar surface area (TPSA) is 250 Å². The Morgan fingerprint density at radius 1 is 1.11 bits per heavy atom. The van der Waals surface area contributed by atoms with E-state index in [4.69, 9.17) is 10.5 Å². The van der Waals surface area contributed by atoms with E-state index in [1.807, 2.05) is 4.98 Å². The Hall–Kier alpha value is -3.63. The summed E-state index contributed by atoms with van der Waals surface area (Å²) in [6.45, 7) is 1.40. The molecule has 0 aliphatic carbocycles. The molecule has 0 bridgehead atoms. The number of pyridine rings is 1. The minimum Gasteiger partial charge on any atom is -0.480 e. The number of aromatic nitrogens is 3. The number of aromatic amines is 2. The highest BCUT2D eigenvalue weighted by molar-refractivity contribution is 5.87. The monoisotopic (exact) mass is 495 g/mol. The normalized spacial score (nSPS) is 25.4. The first kappa shape index (κ1) is 26.0. The lowest BCUT2D eigenvalue weighted by Crippen LogP contribution is -2.57. The predicted molar refractivity (Wildman–Crippen MR) is 116 cm³/mol. The van der Waals surface area contributed by atoms with Gasteiger partial charge in [0.25, 0.3) is 5.56 Å². The third kappa shape index (κ3) is 5.39. The van der Waals surface area contributed by atoms with Gasteiger partial charge in [-0.25, -0.2) is 9.59 Å². The summed E-state index contributed by atoms with van der Waals surface area (Å²) in [7, 11) is 0. The lowest BCUT2D eigenvalue weighted by molar-refractivity contribution is -0.149. The van der Waals surface area contributed by atoms with Crippen molar-refractivity contribution in [3.63, 3.8) is 0 Å². The molecule has 1 fully saturated rings. The number of aliphatic carboxylic acids is 1. The number of nitrogens with one attached hydrogen (secondary N) is 3. The summed E-state index contributed by atoms with van der Waals surface area (Å²) in [6.07, 6.45) is -7.30. The molecule has 2 aromatic rings. The number of ether oxygens (including phenoxy) is 1. The molecule has 1 amide bonds. The van der Waals surface area contributed by atoms with Crippen molar-refractivity contribution in [2.45, 2.75) is 49.7 Å². The van der Waals surface area contributed by atoms with Gasteiger partial charge < -0.3 is 41.2 Å². The minimum atomic E-state index is -1.91. The number of amides is 1. The zero-order valence-corrected chi connectivity index (χ0v) is 18.3. The standard InChI is InChI=1S/C20H25N5O10/c1-7(13(28)8-3-2-4-9(26)22-8)11(21)17(31)24-12(19(32)33)16-14(29)15(30)18(35-16)25-6-5-10(27)23-20(25)34/h2-7,11-16,18,28-30H,21H2,1H3,(H,22,26)(H,24,31)(H,32,33)(H,23,27,34). The molecule has 15 heteroatoms. The van der Waals surface area contributed by atoms with E-state index in [1.165, 1.54) is 25.1 Å². The van der Waals surface area contributed by atoms with Gasteiger partial charge in [0.2, 0.25) is 11.5 Å². The lowest BCUT2D eigenvalue weighted by Gasteiger charge is -2.28. The van der Waals surface area contributed by atoms with Gasteiger partial charge in [-0.05, 0) is 6.07 Å². The number of hydrogen-bond acceptors (Lipinski definition) is 10. The van der Waals surface area contributed by atoms with Gasteiger partial charge in [-0.3, -0.25) is 23.9 Å². The van der Waals surface area contributed by atoms with E-state index in [9.17, 15) is 44.4 Å². The van der Waals surface area contributed by atoms with Gasteiger partial charge in [0.05, 0.1) is 12.1 Å². The van der Waals surface area contributed by atoms with E-state index in [2.05, 4.69) is 10.3 Å². The van der Waals surface area contributed by atoms with Gasteiger partial charge >= 0.3 is 11.7 Å². The average molecular weight is 495 g/mol. The maximum atomic E-state index is 12.7. The molecule has 190 valence electrons. The first-order chi connectivity index (χ1) is 16.4. The van der Waals surface area contributed by atoms with E-state index in [-0.39, 0.29) is 5.69 Å². The zero-order chi connectivity index (χ0) is 26.0. The van der Waals surface area contributed by atoms with Gasteiger partial charge in [0.15, 0.2) is 12.3 Å². The highest BCUT2D eigenvalue weighted by Crippen LogP contribution is 2.30. The smallest absolute Gasteiger partial charge is 0.330 e. The second-order valence-corrected chi connectivity index (χ2v) is 8.11. The van der Waals surface area contributed by atoms with E-state index in [0.29, 0.717) is 0 Å². The molecular formula is C20H25N5O10. The Bertz CT molecular complexity index is 1260. The molecule has 0 radical (unpaired) electrons. The molecule has 8 unspecified atom stereocenters. The van der Waals surface area contributed by atoms with Crippen LogP contribution in [-0.2, 0) is 14.3 Å². The molecule has 8 atom stereocenters. The molecule has 0 aromatic carbocycles. The Labute approximate surface area is 195 Å². The number of H-pyrrole nitrogens is 2. The molecule has 3 rings (SSSR count). The zero-order valence-electron chi connectivity index (χ0n) is 18.3. The predicted octanol–water partition coefficient (Wildman–Crippen LogP) is -3.89. The lowest BCUT2D eigenvalue weighted by atomic mass is 9.92. The Morgan fingerprint density at radius 2 is 1.77 bits per heavy atom. The van der Waals surface area contributed by atoms with Crippen LogP contribution in [0.5, 0.6) is 0 Å². The van der Waals surface area contributed by atoms with Crippen LogP contribution in [0.4, 0.5) is 0 Å². The fraction of sp³-hybridized carbons (Fsp3) is 0.450. The van der Waals surface area contributed by atoms with Crippen molar-refractivity contribution in [3.05, 3.63) is 67.3 Å². The van der Waals surface area contributed by atoms with Crippen LogP contribution in [0.25, 0.3) is 0 Å². The van der Waals surface area contributed by atoms with E-state index in [0.717, 1.165) is 16.8 Å². The summed E-state index contributed by atoms with van der Waals surface area (Å²) in [5.74, 6) is -3.66. The van der Waals surface area contributed by atoms with E-state index in [1.54, 1.807) is 0 Å². The summed E-state index contributed by atoms with van der Waals surface area (Å²) in [5, 5.41) is 43.0. The van der Waals surface area contributed by atoms with Crippen LogP contribution in [0.2, 0.25) is 0 Å². The maximum absolute atomic E-state index is 12.7. The van der Waals surface area contributed by atoms with Crippen LogP contribution in [0, 0.1) is 5.92 Å². The van der Waals surface area contributed by atoms with Crippen molar-refractivity contribution in [1.82, 2.24) is 19.9 Å². The largest absolute Gasteiger partial charge is 0.480 e. The van der Waals surface area contributed by atoms with Crippen LogP contribution in [0.1, 0.15) is 24.9 Å². The quantitative estimate of drug-likeness (QED) is 0.176. The molecule has 2 aromatic heterocycles. The van der Waals surface area contributed by atoms with Gasteiger partial charge in [0, 0.05) is 29.9 Å². The van der Waals surface area contributed by atoms with E-state index < -0.39 is 77.3 Å². The SMILES string of the molecule is CC(C(N)C(=O)NC(C(=O)O)C1OC(n2ccc(=O)[nH]c2=O)C(O)C1O)C(O)c1cccc(=O)[nH]1. The summed E-state index contributed by atoms with van der Waals surface area (Å²) < 4.78 is 6.15. The number of carbonyl (C=O) groups excluding carboxylic acids is 1. The average Bonchev–Trinajstić information content (AvgIpc) is 3.09. The van der Waals surface area contributed by atoms with Crippen LogP contribution < -0.4 is 27.9 Å². The molecule has 1 aliphatic rings. The number of nitrogens with two attached hydrogens (primary N) is 1. The number of hydrogen-bond donors (Lipinski definition) is 8. The van der Waals surface area contributed by atoms with Crippen molar-refractivity contribution in [2.24, 2.45) is 11.7 Å². The minimum absolute atomic E-state index is 0.0925. The first-order valence-corrected chi connectivity index (χ1v) is 10.4. The maximum Gasteiger partial charge on any atom is 0.330 e. The summed E-state index contributed by atoms with van der Waals surface area (Å²) in [5.41, 5.74) is 3.81. The summed E-state index contributed by atoms with van der Waals surface area (Å²) in [4.78, 5) is 63.7. The number of nitrogens with zero attached hydrogens (tertiary/aromatic N) is 1. The highest BCUT2D eigenvalue weighted by atomic mass is 16.6. The van der Waals surface area contributed by atoms with Crippen molar-refractivity contribution in [3.8, 4) is 0 Å². The van der Waals surface area contributed by atoms with Crippen molar-refractivity contribution < 1.29 is 34.8 Å². The van der Waals surface area contributed by atoms with Gasteiger partial charge in [-0.2, -0.15) is 0 Å². The van der Waals surface area contributed by atoms with Crippen LogP contribution in [0.3, 0.4) is 0 Å². The van der Waals surface area contributed by atoms with Crippen LogP contribution >= 0.6 is 0 Å². The van der Waals surface area contributed by atoms with Gasteiger partial charge in [-0.15, -0.1) is 0 Å². The van der Waals surface area contributed by atoms with Gasteiger partial charge in [-0.1, -0.05) is 13.0 Å².